The van der Waals surface area contributed by atoms with Gasteiger partial charge in [-0.15, -0.1) is 0 Å². The van der Waals surface area contributed by atoms with Crippen LogP contribution in [0.3, 0.4) is 0 Å². The monoisotopic (exact) mass is 393 g/mol. The van der Waals surface area contributed by atoms with Crippen LogP contribution < -0.4 is 16.4 Å². The Bertz CT molecular complexity index is 1000. The van der Waals surface area contributed by atoms with E-state index in [0.717, 1.165) is 16.3 Å². The summed E-state index contributed by atoms with van der Waals surface area (Å²) in [5.41, 5.74) is 6.92. The Morgan fingerprint density at radius 2 is 1.62 bits per heavy atom. The highest BCUT2D eigenvalue weighted by molar-refractivity contribution is 5.99. The van der Waals surface area contributed by atoms with Crippen LogP contribution in [-0.4, -0.2) is 40.7 Å². The summed E-state index contributed by atoms with van der Waals surface area (Å²) in [6, 6.07) is 17.7. The van der Waals surface area contributed by atoms with Gasteiger partial charge < -0.3 is 26.6 Å². The minimum atomic E-state index is -1.12. The second-order valence-corrected chi connectivity index (χ2v) is 6.77. The van der Waals surface area contributed by atoms with E-state index < -0.39 is 30.5 Å². The molecule has 0 bridgehead atoms. The number of fused-ring (bicyclic) bond motifs is 1. The number of carbonyl (C=O) groups is 2. The number of aromatic hydroxyl groups is 1. The predicted molar refractivity (Wildman–Crippen MR) is 111 cm³/mol. The Labute approximate surface area is 168 Å². The summed E-state index contributed by atoms with van der Waals surface area (Å²) in [6.07, 6.45) is 0.198. The number of carbonyl (C=O) groups excluding carboxylic acids is 2. The van der Waals surface area contributed by atoms with Crippen LogP contribution in [0.15, 0.2) is 66.7 Å². The van der Waals surface area contributed by atoms with E-state index in [1.165, 1.54) is 12.1 Å². The van der Waals surface area contributed by atoms with Gasteiger partial charge in [0, 0.05) is 12.1 Å². The van der Waals surface area contributed by atoms with Crippen LogP contribution in [0.4, 0.5) is 5.69 Å². The SMILES string of the molecule is N[C@@H](CO)C(=O)N[C@H](Cc1ccc(O)cc1)C(=O)Nc1ccc2ccccc2c1. The quantitative estimate of drug-likeness (QED) is 0.416. The number of rotatable bonds is 7. The molecule has 0 saturated carbocycles. The summed E-state index contributed by atoms with van der Waals surface area (Å²) in [5, 5.41) is 26.0. The van der Waals surface area contributed by atoms with Crippen LogP contribution in [-0.2, 0) is 16.0 Å². The highest BCUT2D eigenvalue weighted by Gasteiger charge is 2.24. The predicted octanol–water partition coefficient (Wildman–Crippen LogP) is 1.53. The number of hydrogen-bond acceptors (Lipinski definition) is 5. The molecule has 0 heterocycles. The third-order valence-electron chi connectivity index (χ3n) is 4.56. The van der Waals surface area contributed by atoms with E-state index in [1.807, 2.05) is 36.4 Å². The fourth-order valence-corrected chi connectivity index (χ4v) is 2.94. The molecule has 0 fully saturated rings. The first-order valence-electron chi connectivity index (χ1n) is 9.20. The summed E-state index contributed by atoms with van der Waals surface area (Å²) in [5.74, 6) is -0.922. The molecule has 150 valence electrons. The lowest BCUT2D eigenvalue weighted by molar-refractivity contribution is -0.127. The summed E-state index contributed by atoms with van der Waals surface area (Å²) in [4.78, 5) is 25.0. The molecule has 0 aliphatic rings. The third kappa shape index (κ3) is 5.31. The highest BCUT2D eigenvalue weighted by Crippen LogP contribution is 2.19. The molecule has 29 heavy (non-hydrogen) atoms. The van der Waals surface area contributed by atoms with Gasteiger partial charge in [0.25, 0.3) is 0 Å². The molecule has 3 aromatic rings. The molecular weight excluding hydrogens is 370 g/mol. The van der Waals surface area contributed by atoms with E-state index in [-0.39, 0.29) is 12.2 Å². The number of benzene rings is 3. The number of nitrogens with one attached hydrogen (secondary N) is 2. The summed E-state index contributed by atoms with van der Waals surface area (Å²) >= 11 is 0. The molecule has 7 nitrogen and oxygen atoms in total. The molecule has 0 unspecified atom stereocenters. The van der Waals surface area contributed by atoms with E-state index in [2.05, 4.69) is 10.6 Å². The molecule has 0 aliphatic carbocycles. The van der Waals surface area contributed by atoms with Gasteiger partial charge in [-0.05, 0) is 40.6 Å². The van der Waals surface area contributed by atoms with Crippen molar-refractivity contribution in [2.24, 2.45) is 5.73 Å². The van der Waals surface area contributed by atoms with Crippen molar-refractivity contribution in [1.82, 2.24) is 5.32 Å². The Kier molecular flexibility index (Phi) is 6.43. The second kappa shape index (κ2) is 9.18. The van der Waals surface area contributed by atoms with Crippen LogP contribution in [0.5, 0.6) is 5.75 Å². The summed E-state index contributed by atoms with van der Waals surface area (Å²) in [7, 11) is 0. The summed E-state index contributed by atoms with van der Waals surface area (Å²) < 4.78 is 0. The number of aliphatic hydroxyl groups is 1. The maximum atomic E-state index is 12.9. The van der Waals surface area contributed by atoms with Crippen molar-refractivity contribution in [3.8, 4) is 5.75 Å². The van der Waals surface area contributed by atoms with Crippen molar-refractivity contribution in [3.05, 3.63) is 72.3 Å². The van der Waals surface area contributed by atoms with Crippen molar-refractivity contribution in [3.63, 3.8) is 0 Å². The van der Waals surface area contributed by atoms with Crippen molar-refractivity contribution in [1.29, 1.82) is 0 Å². The molecule has 0 aliphatic heterocycles. The lowest BCUT2D eigenvalue weighted by Gasteiger charge is -2.20. The maximum Gasteiger partial charge on any atom is 0.247 e. The lowest BCUT2D eigenvalue weighted by atomic mass is 10.0. The van der Waals surface area contributed by atoms with Crippen LogP contribution in [0.1, 0.15) is 5.56 Å². The lowest BCUT2D eigenvalue weighted by Crippen LogP contribution is -2.52. The van der Waals surface area contributed by atoms with Crippen LogP contribution in [0, 0.1) is 0 Å². The van der Waals surface area contributed by atoms with E-state index in [1.54, 1.807) is 18.2 Å². The van der Waals surface area contributed by atoms with E-state index >= 15 is 0 Å². The normalized spacial score (nSPS) is 12.9. The van der Waals surface area contributed by atoms with E-state index in [0.29, 0.717) is 5.69 Å². The van der Waals surface area contributed by atoms with Crippen LogP contribution in [0.25, 0.3) is 10.8 Å². The fourth-order valence-electron chi connectivity index (χ4n) is 2.94. The van der Waals surface area contributed by atoms with Gasteiger partial charge in [-0.2, -0.15) is 0 Å². The molecule has 0 radical (unpaired) electrons. The molecule has 7 heteroatoms. The molecule has 0 saturated heterocycles. The maximum absolute atomic E-state index is 12.9. The molecule has 3 rings (SSSR count). The average Bonchev–Trinajstić information content (AvgIpc) is 2.74. The number of amides is 2. The topological polar surface area (TPSA) is 125 Å². The zero-order valence-corrected chi connectivity index (χ0v) is 15.7. The van der Waals surface area contributed by atoms with Gasteiger partial charge >= 0.3 is 0 Å². The van der Waals surface area contributed by atoms with Crippen LogP contribution in [0.2, 0.25) is 0 Å². The van der Waals surface area contributed by atoms with Crippen molar-refractivity contribution in [2.45, 2.75) is 18.5 Å². The largest absolute Gasteiger partial charge is 0.508 e. The summed E-state index contributed by atoms with van der Waals surface area (Å²) in [6.45, 7) is -0.524. The first-order chi connectivity index (χ1) is 14.0. The number of nitrogens with two attached hydrogens (primary N) is 1. The first kappa shape index (κ1) is 20.3. The van der Waals surface area contributed by atoms with Gasteiger partial charge in [-0.3, -0.25) is 9.59 Å². The van der Waals surface area contributed by atoms with E-state index in [4.69, 9.17) is 10.8 Å². The van der Waals surface area contributed by atoms with Gasteiger partial charge in [0.05, 0.1) is 6.61 Å². The molecule has 3 aromatic carbocycles. The number of anilines is 1. The number of aliphatic hydroxyl groups excluding tert-OH is 1. The second-order valence-electron chi connectivity index (χ2n) is 6.77. The van der Waals surface area contributed by atoms with Crippen molar-refractivity contribution >= 4 is 28.3 Å². The highest BCUT2D eigenvalue weighted by atomic mass is 16.3. The van der Waals surface area contributed by atoms with Crippen molar-refractivity contribution in [2.75, 3.05) is 11.9 Å². The zero-order valence-electron chi connectivity index (χ0n) is 15.7. The molecular formula is C22H23N3O4. The Morgan fingerprint density at radius 1 is 0.931 bits per heavy atom. The molecule has 0 aromatic heterocycles. The Hall–Kier alpha value is -3.42. The fraction of sp³-hybridized carbons (Fsp3) is 0.182. The van der Waals surface area contributed by atoms with Gasteiger partial charge in [0.1, 0.15) is 17.8 Å². The Morgan fingerprint density at radius 3 is 2.31 bits per heavy atom. The average molecular weight is 393 g/mol. The first-order valence-corrected chi connectivity index (χ1v) is 9.20. The van der Waals surface area contributed by atoms with Crippen molar-refractivity contribution < 1.29 is 19.8 Å². The minimum absolute atomic E-state index is 0.109. The Balaban J connectivity index is 1.79. The van der Waals surface area contributed by atoms with E-state index in [9.17, 15) is 14.7 Å². The number of phenolic OH excluding ortho intramolecular Hbond substituents is 1. The van der Waals surface area contributed by atoms with Crippen LogP contribution >= 0.6 is 0 Å². The number of hydrogen-bond donors (Lipinski definition) is 5. The standard InChI is InChI=1S/C22H23N3O4/c23-19(13-26)21(28)25-20(11-14-5-9-18(27)10-6-14)22(29)24-17-8-7-15-3-1-2-4-16(15)12-17/h1-10,12,19-20,26-27H,11,13,23H2,(H,24,29)(H,25,28)/t19-,20+/m0/s1. The minimum Gasteiger partial charge on any atom is -0.508 e. The van der Waals surface area contributed by atoms with Gasteiger partial charge in [-0.25, -0.2) is 0 Å². The third-order valence-corrected chi connectivity index (χ3v) is 4.56. The number of phenols is 1. The smallest absolute Gasteiger partial charge is 0.247 e. The molecule has 0 spiro atoms. The molecule has 2 atom stereocenters. The zero-order chi connectivity index (χ0) is 20.8. The van der Waals surface area contributed by atoms with Gasteiger partial charge in [0.15, 0.2) is 0 Å². The van der Waals surface area contributed by atoms with Gasteiger partial charge in [-0.1, -0.05) is 42.5 Å². The molecule has 2 amide bonds. The molecule has 6 N–H and O–H groups in total. The van der Waals surface area contributed by atoms with Gasteiger partial charge in [0.2, 0.25) is 11.8 Å².